The second-order valence-corrected chi connectivity index (χ2v) is 6.51. The predicted octanol–water partition coefficient (Wildman–Crippen LogP) is 6.59. The van der Waals surface area contributed by atoms with Crippen LogP contribution in [0.15, 0.2) is 0 Å². The van der Waals surface area contributed by atoms with Crippen molar-refractivity contribution in [2.45, 2.75) is 97.8 Å². The van der Waals surface area contributed by atoms with Crippen molar-refractivity contribution in [3.8, 4) is 0 Å². The zero-order valence-corrected chi connectivity index (χ0v) is 13.2. The molecule has 0 aromatic carbocycles. The molecule has 3 atom stereocenters. The molecule has 0 spiro atoms. The summed E-state index contributed by atoms with van der Waals surface area (Å²) in [6, 6.07) is 0. The molecule has 1 aliphatic carbocycles. The van der Waals surface area contributed by atoms with Gasteiger partial charge in [-0.3, -0.25) is 0 Å². The van der Waals surface area contributed by atoms with Crippen LogP contribution in [0.2, 0.25) is 0 Å². The molecule has 0 amide bonds. The maximum absolute atomic E-state index is 2.42. The van der Waals surface area contributed by atoms with Crippen molar-refractivity contribution in [3.63, 3.8) is 0 Å². The zero-order chi connectivity index (χ0) is 13.2. The van der Waals surface area contributed by atoms with E-state index in [1.165, 1.54) is 77.0 Å². The van der Waals surface area contributed by atoms with Gasteiger partial charge in [-0.1, -0.05) is 91.4 Å². The van der Waals surface area contributed by atoms with Crippen molar-refractivity contribution in [1.82, 2.24) is 0 Å². The van der Waals surface area contributed by atoms with Crippen LogP contribution in [-0.2, 0) is 0 Å². The van der Waals surface area contributed by atoms with Crippen molar-refractivity contribution in [1.29, 1.82) is 0 Å². The molecule has 0 saturated heterocycles. The molecule has 1 rings (SSSR count). The summed E-state index contributed by atoms with van der Waals surface area (Å²) in [6.07, 6.45) is 17.7. The van der Waals surface area contributed by atoms with E-state index >= 15 is 0 Å². The third-order valence-electron chi connectivity index (χ3n) is 5.20. The number of rotatable bonds is 9. The van der Waals surface area contributed by atoms with Crippen molar-refractivity contribution in [2.24, 2.45) is 17.8 Å². The first kappa shape index (κ1) is 16.1. The van der Waals surface area contributed by atoms with Gasteiger partial charge in [0.05, 0.1) is 0 Å². The fourth-order valence-electron chi connectivity index (χ4n) is 4.08. The molecule has 108 valence electrons. The lowest BCUT2D eigenvalue weighted by atomic mass is 9.67. The van der Waals surface area contributed by atoms with Crippen LogP contribution in [0.1, 0.15) is 97.8 Å². The fourth-order valence-corrected chi connectivity index (χ4v) is 4.08. The number of unbranched alkanes of at least 4 members (excludes halogenated alkanes) is 4. The van der Waals surface area contributed by atoms with Gasteiger partial charge in [0.25, 0.3) is 0 Å². The number of hydrogen-bond donors (Lipinski definition) is 0. The lowest BCUT2D eigenvalue weighted by Crippen LogP contribution is -2.28. The van der Waals surface area contributed by atoms with E-state index in [2.05, 4.69) is 20.8 Å². The summed E-state index contributed by atoms with van der Waals surface area (Å²) in [4.78, 5) is 0. The molecule has 18 heavy (non-hydrogen) atoms. The monoisotopic (exact) mass is 252 g/mol. The third-order valence-corrected chi connectivity index (χ3v) is 5.20. The second-order valence-electron chi connectivity index (χ2n) is 6.51. The van der Waals surface area contributed by atoms with Crippen LogP contribution >= 0.6 is 0 Å². The largest absolute Gasteiger partial charge is 0.0654 e. The second kappa shape index (κ2) is 9.87. The van der Waals surface area contributed by atoms with Crippen LogP contribution in [0.25, 0.3) is 0 Å². The highest BCUT2D eigenvalue weighted by molar-refractivity contribution is 4.81. The van der Waals surface area contributed by atoms with Crippen LogP contribution in [0.5, 0.6) is 0 Å². The summed E-state index contributed by atoms with van der Waals surface area (Å²) in [5.74, 6) is 3.21. The molecular formula is C18H36. The Morgan fingerprint density at radius 1 is 0.722 bits per heavy atom. The van der Waals surface area contributed by atoms with Gasteiger partial charge in [-0.15, -0.1) is 0 Å². The molecule has 0 N–H and O–H groups in total. The van der Waals surface area contributed by atoms with Gasteiger partial charge < -0.3 is 0 Å². The first-order valence-electron chi connectivity index (χ1n) is 8.83. The summed E-state index contributed by atoms with van der Waals surface area (Å²) in [5.41, 5.74) is 0. The van der Waals surface area contributed by atoms with E-state index in [-0.39, 0.29) is 0 Å². The van der Waals surface area contributed by atoms with Crippen LogP contribution in [-0.4, -0.2) is 0 Å². The molecule has 1 aliphatic rings. The van der Waals surface area contributed by atoms with Gasteiger partial charge in [-0.2, -0.15) is 0 Å². The van der Waals surface area contributed by atoms with Gasteiger partial charge in [-0.05, 0) is 24.2 Å². The molecule has 0 aromatic heterocycles. The molecule has 1 saturated carbocycles. The lowest BCUT2D eigenvalue weighted by molar-refractivity contribution is 0.125. The van der Waals surface area contributed by atoms with Crippen LogP contribution in [0.4, 0.5) is 0 Å². The smallest absolute Gasteiger partial charge is 0.0358 e. The van der Waals surface area contributed by atoms with E-state index in [9.17, 15) is 0 Å². The van der Waals surface area contributed by atoms with E-state index in [0.717, 1.165) is 17.8 Å². The fraction of sp³-hybridized carbons (Fsp3) is 1.00. The molecule has 3 unspecified atom stereocenters. The molecule has 0 radical (unpaired) electrons. The van der Waals surface area contributed by atoms with E-state index < -0.39 is 0 Å². The minimum atomic E-state index is 1.06. The van der Waals surface area contributed by atoms with Gasteiger partial charge in [0.2, 0.25) is 0 Å². The summed E-state index contributed by atoms with van der Waals surface area (Å²) in [5, 5.41) is 0. The van der Waals surface area contributed by atoms with E-state index in [1.54, 1.807) is 0 Å². The molecule has 0 aromatic rings. The first-order valence-corrected chi connectivity index (χ1v) is 8.83. The van der Waals surface area contributed by atoms with Crippen molar-refractivity contribution < 1.29 is 0 Å². The normalized spacial score (nSPS) is 28.5. The molecule has 0 bridgehead atoms. The molecule has 0 heteroatoms. The van der Waals surface area contributed by atoms with Gasteiger partial charge in [0, 0.05) is 0 Å². The number of hydrogen-bond acceptors (Lipinski definition) is 0. The Kier molecular flexibility index (Phi) is 8.80. The average molecular weight is 252 g/mol. The van der Waals surface area contributed by atoms with Crippen molar-refractivity contribution in [3.05, 3.63) is 0 Å². The Morgan fingerprint density at radius 2 is 1.33 bits per heavy atom. The summed E-state index contributed by atoms with van der Waals surface area (Å²) < 4.78 is 0. The standard InChI is InChI=1S/C18H36/c1-4-7-9-12-17-14-11-13-16(6-3)18(17)15-10-8-5-2/h16-18H,4-15H2,1-3H3. The predicted molar refractivity (Wildman–Crippen MR) is 82.9 cm³/mol. The Bertz CT molecular complexity index is 184. The Labute approximate surface area is 116 Å². The van der Waals surface area contributed by atoms with Crippen LogP contribution in [0, 0.1) is 17.8 Å². The molecule has 1 fully saturated rings. The highest BCUT2D eigenvalue weighted by Crippen LogP contribution is 2.42. The van der Waals surface area contributed by atoms with Crippen molar-refractivity contribution in [2.75, 3.05) is 0 Å². The van der Waals surface area contributed by atoms with Gasteiger partial charge in [0.15, 0.2) is 0 Å². The maximum Gasteiger partial charge on any atom is -0.0358 e. The van der Waals surface area contributed by atoms with Crippen molar-refractivity contribution >= 4 is 0 Å². The highest BCUT2D eigenvalue weighted by Gasteiger charge is 2.30. The minimum Gasteiger partial charge on any atom is -0.0654 e. The molecule has 0 heterocycles. The van der Waals surface area contributed by atoms with Gasteiger partial charge in [-0.25, -0.2) is 0 Å². The average Bonchev–Trinajstić information content (AvgIpc) is 2.40. The summed E-state index contributed by atoms with van der Waals surface area (Å²) in [6.45, 7) is 7.08. The van der Waals surface area contributed by atoms with E-state index in [0.29, 0.717) is 0 Å². The summed E-state index contributed by atoms with van der Waals surface area (Å²) in [7, 11) is 0. The quantitative estimate of drug-likeness (QED) is 0.406. The van der Waals surface area contributed by atoms with Gasteiger partial charge >= 0.3 is 0 Å². The zero-order valence-electron chi connectivity index (χ0n) is 13.2. The lowest BCUT2D eigenvalue weighted by Gasteiger charge is -2.38. The third kappa shape index (κ3) is 5.33. The highest BCUT2D eigenvalue weighted by atomic mass is 14.4. The summed E-state index contributed by atoms with van der Waals surface area (Å²) >= 11 is 0. The Balaban J connectivity index is 2.42. The minimum absolute atomic E-state index is 1.06. The maximum atomic E-state index is 2.42. The Hall–Kier alpha value is 0. The topological polar surface area (TPSA) is 0 Å². The first-order chi connectivity index (χ1) is 8.83. The van der Waals surface area contributed by atoms with Crippen LogP contribution in [0.3, 0.4) is 0 Å². The molecular weight excluding hydrogens is 216 g/mol. The SMILES string of the molecule is CCCCCC1CCCC(CC)C1CCCCC. The Morgan fingerprint density at radius 3 is 1.94 bits per heavy atom. The van der Waals surface area contributed by atoms with Crippen LogP contribution < -0.4 is 0 Å². The molecule has 0 aliphatic heterocycles. The van der Waals surface area contributed by atoms with E-state index in [4.69, 9.17) is 0 Å². The van der Waals surface area contributed by atoms with E-state index in [1.807, 2.05) is 0 Å². The molecule has 0 nitrogen and oxygen atoms in total. The van der Waals surface area contributed by atoms with Gasteiger partial charge in [0.1, 0.15) is 0 Å².